The lowest BCUT2D eigenvalue weighted by atomic mass is 10.1. The predicted octanol–water partition coefficient (Wildman–Crippen LogP) is 5.29. The fourth-order valence-electron chi connectivity index (χ4n) is 3.87. The van der Waals surface area contributed by atoms with E-state index in [2.05, 4.69) is 57.3 Å². The minimum absolute atomic E-state index is 0.165. The van der Waals surface area contributed by atoms with Gasteiger partial charge in [0.05, 0.1) is 4.91 Å². The predicted molar refractivity (Wildman–Crippen MR) is 127 cm³/mol. The van der Waals surface area contributed by atoms with Crippen LogP contribution < -0.4 is 4.90 Å². The third-order valence-electron chi connectivity index (χ3n) is 5.43. The molecule has 2 aliphatic heterocycles. The first kappa shape index (κ1) is 19.2. The van der Waals surface area contributed by atoms with Crippen LogP contribution >= 0.6 is 23.4 Å². The molecule has 0 N–H and O–H groups in total. The van der Waals surface area contributed by atoms with Gasteiger partial charge in [0.25, 0.3) is 5.91 Å². The van der Waals surface area contributed by atoms with Crippen molar-refractivity contribution in [2.75, 3.05) is 31.1 Å². The third kappa shape index (κ3) is 3.83. The van der Waals surface area contributed by atoms with Gasteiger partial charge in [-0.2, -0.15) is 4.99 Å². The van der Waals surface area contributed by atoms with E-state index in [1.165, 1.54) is 28.2 Å². The van der Waals surface area contributed by atoms with Crippen LogP contribution in [-0.4, -0.2) is 42.2 Å². The molecule has 0 bridgehead atoms. The smallest absolute Gasteiger partial charge is 0.286 e. The van der Waals surface area contributed by atoms with E-state index in [0.717, 1.165) is 36.9 Å². The topological polar surface area (TPSA) is 35.9 Å². The van der Waals surface area contributed by atoms with Crippen LogP contribution in [0.2, 0.25) is 5.02 Å². The van der Waals surface area contributed by atoms with Gasteiger partial charge >= 0.3 is 0 Å². The van der Waals surface area contributed by atoms with Crippen LogP contribution in [0.1, 0.15) is 5.56 Å². The Labute approximate surface area is 184 Å². The van der Waals surface area contributed by atoms with Crippen molar-refractivity contribution in [2.24, 2.45) is 4.99 Å². The minimum atomic E-state index is -0.165. The van der Waals surface area contributed by atoms with Gasteiger partial charge in [-0.1, -0.05) is 60.1 Å². The van der Waals surface area contributed by atoms with E-state index in [-0.39, 0.29) is 5.91 Å². The number of carbonyl (C=O) groups is 1. The van der Waals surface area contributed by atoms with Crippen LogP contribution in [0, 0.1) is 0 Å². The molecule has 2 heterocycles. The summed E-state index contributed by atoms with van der Waals surface area (Å²) in [5, 5.41) is 4.03. The van der Waals surface area contributed by atoms with Gasteiger partial charge in [0.2, 0.25) is 0 Å². The zero-order valence-corrected chi connectivity index (χ0v) is 17.9. The van der Waals surface area contributed by atoms with Gasteiger partial charge in [0.15, 0.2) is 5.17 Å². The van der Waals surface area contributed by atoms with Gasteiger partial charge in [-0.25, -0.2) is 0 Å². The second-order valence-electron chi connectivity index (χ2n) is 7.33. The van der Waals surface area contributed by atoms with E-state index < -0.39 is 0 Å². The van der Waals surface area contributed by atoms with E-state index >= 15 is 0 Å². The molecular weight excluding hydrogens is 414 g/mol. The maximum absolute atomic E-state index is 12.4. The number of hydrogen-bond donors (Lipinski definition) is 0. The molecule has 3 aromatic carbocycles. The van der Waals surface area contributed by atoms with Gasteiger partial charge in [0.1, 0.15) is 0 Å². The molecule has 2 aliphatic rings. The summed E-state index contributed by atoms with van der Waals surface area (Å²) in [4.78, 5) is 22.0. The monoisotopic (exact) mass is 433 g/mol. The number of amidine groups is 1. The van der Waals surface area contributed by atoms with Gasteiger partial charge < -0.3 is 9.80 Å². The normalized spacial score (nSPS) is 18.4. The Morgan fingerprint density at radius 2 is 1.57 bits per heavy atom. The minimum Gasteiger partial charge on any atom is -0.367 e. The number of piperazine rings is 1. The van der Waals surface area contributed by atoms with E-state index in [1.54, 1.807) is 0 Å². The molecule has 4 nitrogen and oxygen atoms in total. The van der Waals surface area contributed by atoms with Crippen LogP contribution in [-0.2, 0) is 4.79 Å². The van der Waals surface area contributed by atoms with Crippen LogP contribution in [0.4, 0.5) is 5.69 Å². The highest BCUT2D eigenvalue weighted by molar-refractivity contribution is 8.18. The number of amides is 1. The molecule has 1 fully saturated rings. The number of carbonyl (C=O) groups excluding carboxylic acids is 1. The lowest BCUT2D eigenvalue weighted by Gasteiger charge is -2.37. The van der Waals surface area contributed by atoms with Crippen LogP contribution in [0.3, 0.4) is 0 Å². The molecule has 0 spiro atoms. The number of thioether (sulfide) groups is 1. The molecule has 0 aliphatic carbocycles. The van der Waals surface area contributed by atoms with Crippen molar-refractivity contribution in [3.05, 3.63) is 82.2 Å². The number of hydrogen-bond acceptors (Lipinski definition) is 4. The summed E-state index contributed by atoms with van der Waals surface area (Å²) in [6.45, 7) is 3.49. The summed E-state index contributed by atoms with van der Waals surface area (Å²) in [6, 6.07) is 22.4. The van der Waals surface area contributed by atoms with Gasteiger partial charge in [-0.3, -0.25) is 4.79 Å². The molecule has 0 atom stereocenters. The summed E-state index contributed by atoms with van der Waals surface area (Å²) in [6.07, 6.45) is 1.88. The molecule has 1 saturated heterocycles. The second-order valence-corrected chi connectivity index (χ2v) is 8.78. The number of anilines is 1. The summed E-state index contributed by atoms with van der Waals surface area (Å²) < 4.78 is 0. The highest BCUT2D eigenvalue weighted by atomic mass is 35.5. The van der Waals surface area contributed by atoms with Crippen molar-refractivity contribution in [2.45, 2.75) is 0 Å². The van der Waals surface area contributed by atoms with E-state index in [1.807, 2.05) is 30.3 Å². The first-order valence-electron chi connectivity index (χ1n) is 9.93. The zero-order chi connectivity index (χ0) is 20.5. The Bertz CT molecular complexity index is 1160. The second kappa shape index (κ2) is 8.17. The molecule has 0 radical (unpaired) electrons. The fraction of sp³-hybridized carbons (Fsp3) is 0.167. The van der Waals surface area contributed by atoms with Crippen molar-refractivity contribution < 1.29 is 4.79 Å². The maximum atomic E-state index is 12.4. The molecule has 1 amide bonds. The number of aliphatic imine (C=N–C) groups is 1. The van der Waals surface area contributed by atoms with E-state index in [9.17, 15) is 4.79 Å². The molecule has 0 aromatic heterocycles. The van der Waals surface area contributed by atoms with Crippen LogP contribution in [0.25, 0.3) is 16.8 Å². The molecule has 3 aromatic rings. The number of benzene rings is 3. The van der Waals surface area contributed by atoms with Gasteiger partial charge in [-0.15, -0.1) is 0 Å². The SMILES string of the molecule is O=C1N=C(N2CCN(c3cccc4ccccc34)CC2)S/C1=C/c1ccc(Cl)cc1. The van der Waals surface area contributed by atoms with Crippen molar-refractivity contribution in [3.63, 3.8) is 0 Å². The molecule has 0 saturated carbocycles. The van der Waals surface area contributed by atoms with Crippen LogP contribution in [0.5, 0.6) is 0 Å². The van der Waals surface area contributed by atoms with Crippen molar-refractivity contribution in [1.29, 1.82) is 0 Å². The number of rotatable bonds is 2. The molecular formula is C24H20ClN3OS. The molecule has 0 unspecified atom stereocenters. The average molecular weight is 434 g/mol. The Morgan fingerprint density at radius 1 is 0.867 bits per heavy atom. The Morgan fingerprint density at radius 3 is 2.37 bits per heavy atom. The maximum Gasteiger partial charge on any atom is 0.286 e. The standard InChI is InChI=1S/C24H20ClN3OS/c25-19-10-8-17(9-11-19)16-22-23(29)26-24(30-22)28-14-12-27(13-15-28)21-7-3-5-18-4-1-2-6-20(18)21/h1-11,16H,12-15H2/b22-16+. The summed E-state index contributed by atoms with van der Waals surface area (Å²) in [5.74, 6) is -0.165. The Balaban J connectivity index is 1.27. The summed E-state index contributed by atoms with van der Waals surface area (Å²) in [5.41, 5.74) is 2.22. The number of fused-ring (bicyclic) bond motifs is 1. The molecule has 30 heavy (non-hydrogen) atoms. The Kier molecular flexibility index (Phi) is 5.23. The third-order valence-corrected chi connectivity index (χ3v) is 6.73. The number of halogens is 1. The van der Waals surface area contributed by atoms with Crippen molar-refractivity contribution >= 4 is 57.0 Å². The quantitative estimate of drug-likeness (QED) is 0.515. The summed E-state index contributed by atoms with van der Waals surface area (Å²) >= 11 is 7.40. The first-order chi connectivity index (χ1) is 14.7. The Hall–Kier alpha value is -2.76. The number of nitrogens with zero attached hydrogens (tertiary/aromatic N) is 3. The molecule has 6 heteroatoms. The van der Waals surface area contributed by atoms with E-state index in [4.69, 9.17) is 11.6 Å². The van der Waals surface area contributed by atoms with Crippen molar-refractivity contribution in [3.8, 4) is 0 Å². The lowest BCUT2D eigenvalue weighted by molar-refractivity contribution is -0.113. The zero-order valence-electron chi connectivity index (χ0n) is 16.3. The van der Waals surface area contributed by atoms with Gasteiger partial charge in [0, 0.05) is 42.3 Å². The molecule has 5 rings (SSSR count). The first-order valence-corrected chi connectivity index (χ1v) is 11.1. The summed E-state index contributed by atoms with van der Waals surface area (Å²) in [7, 11) is 0. The van der Waals surface area contributed by atoms with E-state index in [0.29, 0.717) is 9.93 Å². The lowest BCUT2D eigenvalue weighted by Crippen LogP contribution is -2.47. The largest absolute Gasteiger partial charge is 0.367 e. The highest BCUT2D eigenvalue weighted by Gasteiger charge is 2.28. The molecule has 150 valence electrons. The highest BCUT2D eigenvalue weighted by Crippen LogP contribution is 2.32. The average Bonchev–Trinajstić information content (AvgIpc) is 3.15. The fourth-order valence-corrected chi connectivity index (χ4v) is 4.96. The van der Waals surface area contributed by atoms with Crippen molar-refractivity contribution in [1.82, 2.24) is 4.90 Å². The van der Waals surface area contributed by atoms with Gasteiger partial charge in [-0.05, 0) is 47.0 Å². The van der Waals surface area contributed by atoms with Crippen LogP contribution in [0.15, 0.2) is 76.6 Å².